The monoisotopic (exact) mass is 270 g/mol. The van der Waals surface area contributed by atoms with Crippen LogP contribution in [0.3, 0.4) is 0 Å². The van der Waals surface area contributed by atoms with Crippen LogP contribution in [0.4, 0.5) is 4.79 Å². The molecular formula is C15H30N2O2. The van der Waals surface area contributed by atoms with Gasteiger partial charge in [-0.25, -0.2) is 4.79 Å². The fourth-order valence-corrected chi connectivity index (χ4v) is 2.63. The summed E-state index contributed by atoms with van der Waals surface area (Å²) in [4.78, 5) is 11.8. The van der Waals surface area contributed by atoms with Gasteiger partial charge < -0.3 is 15.7 Å². The molecule has 1 aliphatic rings. The van der Waals surface area contributed by atoms with Crippen LogP contribution in [0, 0.1) is 17.3 Å². The van der Waals surface area contributed by atoms with E-state index < -0.39 is 6.10 Å². The molecule has 2 atom stereocenters. The summed E-state index contributed by atoms with van der Waals surface area (Å²) in [6.07, 6.45) is 3.31. The Balaban J connectivity index is 2.32. The summed E-state index contributed by atoms with van der Waals surface area (Å²) in [7, 11) is 0. The smallest absolute Gasteiger partial charge is 0.315 e. The average Bonchev–Trinajstić information content (AvgIpc) is 2.22. The lowest BCUT2D eigenvalue weighted by Crippen LogP contribution is -2.50. The number of carbonyl (C=O) groups excluding carboxylic acids is 1. The highest BCUT2D eigenvalue weighted by molar-refractivity contribution is 5.74. The van der Waals surface area contributed by atoms with Gasteiger partial charge in [-0.3, -0.25) is 0 Å². The Labute approximate surface area is 117 Å². The molecule has 112 valence electrons. The molecule has 0 spiro atoms. The number of hydrogen-bond donors (Lipinski definition) is 3. The first-order valence-corrected chi connectivity index (χ1v) is 7.46. The summed E-state index contributed by atoms with van der Waals surface area (Å²) in [6, 6.07) is 0.121. The van der Waals surface area contributed by atoms with Crippen molar-refractivity contribution in [3.63, 3.8) is 0 Å². The van der Waals surface area contributed by atoms with Crippen LogP contribution >= 0.6 is 0 Å². The zero-order chi connectivity index (χ0) is 14.6. The van der Waals surface area contributed by atoms with Gasteiger partial charge in [0.15, 0.2) is 0 Å². The second kappa shape index (κ2) is 6.60. The molecule has 1 rings (SSSR count). The van der Waals surface area contributed by atoms with Crippen molar-refractivity contribution in [1.29, 1.82) is 0 Å². The van der Waals surface area contributed by atoms with Crippen molar-refractivity contribution in [3.05, 3.63) is 0 Å². The number of amides is 2. The van der Waals surface area contributed by atoms with E-state index in [1.54, 1.807) is 0 Å². The van der Waals surface area contributed by atoms with Crippen LogP contribution in [0.5, 0.6) is 0 Å². The average molecular weight is 270 g/mol. The molecule has 0 saturated heterocycles. The van der Waals surface area contributed by atoms with E-state index >= 15 is 0 Å². The van der Waals surface area contributed by atoms with Gasteiger partial charge in [0.1, 0.15) is 0 Å². The molecule has 0 aromatic carbocycles. The number of aliphatic hydroxyl groups excluding tert-OH is 1. The van der Waals surface area contributed by atoms with Crippen molar-refractivity contribution >= 4 is 6.03 Å². The van der Waals surface area contributed by atoms with Crippen LogP contribution in [-0.4, -0.2) is 29.8 Å². The lowest BCUT2D eigenvalue weighted by molar-refractivity contribution is 0.0150. The third-order valence-corrected chi connectivity index (χ3v) is 4.35. The van der Waals surface area contributed by atoms with Gasteiger partial charge in [-0.05, 0) is 31.6 Å². The first-order chi connectivity index (χ1) is 8.74. The Morgan fingerprint density at radius 1 is 1.32 bits per heavy atom. The number of urea groups is 1. The van der Waals surface area contributed by atoms with Gasteiger partial charge in [0.2, 0.25) is 0 Å². The highest BCUT2D eigenvalue weighted by atomic mass is 16.3. The maximum absolute atomic E-state index is 11.8. The Morgan fingerprint density at radius 3 is 2.32 bits per heavy atom. The molecule has 0 radical (unpaired) electrons. The Bertz CT molecular complexity index is 299. The van der Waals surface area contributed by atoms with Crippen molar-refractivity contribution in [3.8, 4) is 0 Å². The fourth-order valence-electron chi connectivity index (χ4n) is 2.63. The zero-order valence-corrected chi connectivity index (χ0v) is 13.0. The van der Waals surface area contributed by atoms with Crippen molar-refractivity contribution in [2.75, 3.05) is 6.54 Å². The molecule has 4 nitrogen and oxygen atoms in total. The van der Waals surface area contributed by atoms with E-state index in [-0.39, 0.29) is 23.4 Å². The molecule has 3 N–H and O–H groups in total. The standard InChI is InChI=1S/C15H30N2O2/c1-10(2)13(18)15(4,5)9-16-14(19)17-11(3)12-7-6-8-12/h10-13,18H,6-9H2,1-5H3,(H2,16,17,19). The van der Waals surface area contributed by atoms with Crippen molar-refractivity contribution in [2.45, 2.75) is 66.0 Å². The van der Waals surface area contributed by atoms with Crippen LogP contribution < -0.4 is 10.6 Å². The lowest BCUT2D eigenvalue weighted by Gasteiger charge is -2.34. The summed E-state index contributed by atoms with van der Waals surface area (Å²) in [5, 5.41) is 16.0. The molecule has 1 aliphatic carbocycles. The Morgan fingerprint density at radius 2 is 1.89 bits per heavy atom. The van der Waals surface area contributed by atoms with Gasteiger partial charge >= 0.3 is 6.03 Å². The van der Waals surface area contributed by atoms with E-state index in [9.17, 15) is 9.90 Å². The number of nitrogens with one attached hydrogen (secondary N) is 2. The van der Waals surface area contributed by atoms with Gasteiger partial charge in [-0.1, -0.05) is 34.1 Å². The van der Waals surface area contributed by atoms with E-state index in [1.807, 2.05) is 27.7 Å². The number of hydrogen-bond acceptors (Lipinski definition) is 2. The molecule has 1 saturated carbocycles. The van der Waals surface area contributed by atoms with Crippen molar-refractivity contribution < 1.29 is 9.90 Å². The minimum absolute atomic E-state index is 0.122. The van der Waals surface area contributed by atoms with E-state index in [0.29, 0.717) is 12.5 Å². The highest BCUT2D eigenvalue weighted by Gasteiger charge is 2.31. The first-order valence-electron chi connectivity index (χ1n) is 7.46. The maximum Gasteiger partial charge on any atom is 0.315 e. The van der Waals surface area contributed by atoms with E-state index in [2.05, 4.69) is 17.6 Å². The van der Waals surface area contributed by atoms with E-state index in [1.165, 1.54) is 19.3 Å². The van der Waals surface area contributed by atoms with Crippen LogP contribution in [0.15, 0.2) is 0 Å². The molecule has 2 amide bonds. The number of aliphatic hydroxyl groups is 1. The van der Waals surface area contributed by atoms with Gasteiger partial charge in [0.05, 0.1) is 6.10 Å². The SMILES string of the molecule is CC(C)C(O)C(C)(C)CNC(=O)NC(C)C1CCC1. The Kier molecular flexibility index (Phi) is 5.65. The van der Waals surface area contributed by atoms with Gasteiger partial charge in [-0.15, -0.1) is 0 Å². The predicted octanol–water partition coefficient (Wildman–Crippen LogP) is 2.52. The summed E-state index contributed by atoms with van der Waals surface area (Å²) >= 11 is 0. The van der Waals surface area contributed by atoms with Crippen LogP contribution in [0.25, 0.3) is 0 Å². The van der Waals surface area contributed by atoms with Crippen LogP contribution in [0.1, 0.15) is 53.9 Å². The molecule has 0 aliphatic heterocycles. The topological polar surface area (TPSA) is 61.4 Å². The minimum Gasteiger partial charge on any atom is -0.392 e. The summed E-state index contributed by atoms with van der Waals surface area (Å²) < 4.78 is 0. The quantitative estimate of drug-likeness (QED) is 0.694. The number of rotatable bonds is 6. The molecular weight excluding hydrogens is 240 g/mol. The molecule has 19 heavy (non-hydrogen) atoms. The zero-order valence-electron chi connectivity index (χ0n) is 13.0. The molecule has 2 unspecified atom stereocenters. The molecule has 0 heterocycles. The molecule has 0 aromatic rings. The summed E-state index contributed by atoms with van der Waals surface area (Å²) in [5.74, 6) is 0.828. The van der Waals surface area contributed by atoms with E-state index in [4.69, 9.17) is 0 Å². The first kappa shape index (κ1) is 16.3. The predicted molar refractivity (Wildman–Crippen MR) is 78.0 cm³/mol. The fraction of sp³-hybridized carbons (Fsp3) is 0.933. The van der Waals surface area contributed by atoms with Crippen molar-refractivity contribution in [1.82, 2.24) is 10.6 Å². The van der Waals surface area contributed by atoms with Gasteiger partial charge in [0, 0.05) is 18.0 Å². The summed E-state index contributed by atoms with van der Waals surface area (Å²) in [5.41, 5.74) is -0.314. The molecule has 1 fully saturated rings. The molecule has 0 aromatic heterocycles. The Hall–Kier alpha value is -0.770. The van der Waals surface area contributed by atoms with Gasteiger partial charge in [-0.2, -0.15) is 0 Å². The largest absolute Gasteiger partial charge is 0.392 e. The van der Waals surface area contributed by atoms with E-state index in [0.717, 1.165) is 0 Å². The van der Waals surface area contributed by atoms with Crippen molar-refractivity contribution in [2.24, 2.45) is 17.3 Å². The van der Waals surface area contributed by atoms with Gasteiger partial charge in [0.25, 0.3) is 0 Å². The lowest BCUT2D eigenvalue weighted by atomic mass is 9.80. The minimum atomic E-state index is -0.420. The molecule has 4 heteroatoms. The van der Waals surface area contributed by atoms with Crippen LogP contribution in [-0.2, 0) is 0 Å². The second-order valence-electron chi connectivity index (χ2n) is 6.98. The molecule has 0 bridgehead atoms. The summed E-state index contributed by atoms with van der Waals surface area (Å²) in [6.45, 7) is 10.5. The normalized spacial score (nSPS) is 19.7. The third-order valence-electron chi connectivity index (χ3n) is 4.35. The second-order valence-corrected chi connectivity index (χ2v) is 6.98. The maximum atomic E-state index is 11.8. The highest BCUT2D eigenvalue weighted by Crippen LogP contribution is 2.29. The van der Waals surface area contributed by atoms with Crippen LogP contribution in [0.2, 0.25) is 0 Å². The number of carbonyl (C=O) groups is 1. The third kappa shape index (κ3) is 4.68.